The van der Waals surface area contributed by atoms with E-state index in [1.165, 1.54) is 37.7 Å². The molecule has 0 saturated heterocycles. The minimum absolute atomic E-state index is 0.0959. The van der Waals surface area contributed by atoms with E-state index in [-0.39, 0.29) is 23.2 Å². The Hall–Kier alpha value is -3.75. The second kappa shape index (κ2) is 10.7. The van der Waals surface area contributed by atoms with Crippen LogP contribution in [0.15, 0.2) is 59.2 Å². The molecule has 0 amide bonds. The standard InChI is InChI=1S/C24H22F3NO5/c1-3-12-31-20-7-5-4-6-18(20)19(29)10-9-17-14-32-23(28-17)16-8-11-21(30-2)22(13-16)33-15-24(25,26)27/h4-11,13-14H,3,12,15H2,1-2H3/b10-9+. The normalized spacial score (nSPS) is 11.5. The Kier molecular flexibility index (Phi) is 7.76. The number of carbonyl (C=O) groups excluding carboxylic acids is 1. The van der Waals surface area contributed by atoms with Gasteiger partial charge in [0.2, 0.25) is 5.89 Å². The number of ketones is 1. The van der Waals surface area contributed by atoms with Gasteiger partial charge in [0.1, 0.15) is 17.7 Å². The largest absolute Gasteiger partial charge is 0.493 e. The second-order valence-corrected chi connectivity index (χ2v) is 6.89. The molecule has 0 aliphatic heterocycles. The molecule has 0 aliphatic carbocycles. The van der Waals surface area contributed by atoms with Crippen molar-refractivity contribution in [2.75, 3.05) is 20.3 Å². The zero-order chi connectivity index (χ0) is 23.8. The van der Waals surface area contributed by atoms with E-state index in [2.05, 4.69) is 4.98 Å². The SMILES string of the molecule is CCCOc1ccccc1C(=O)/C=C/c1coc(-c2ccc(OC)c(OCC(F)(F)F)c2)n1. The average molecular weight is 461 g/mol. The maximum absolute atomic E-state index is 12.6. The summed E-state index contributed by atoms with van der Waals surface area (Å²) in [6.07, 6.45) is 0.486. The molecule has 33 heavy (non-hydrogen) atoms. The van der Waals surface area contributed by atoms with Gasteiger partial charge in [-0.15, -0.1) is 0 Å². The van der Waals surface area contributed by atoms with Gasteiger partial charge < -0.3 is 18.6 Å². The number of rotatable bonds is 10. The Balaban J connectivity index is 1.76. The van der Waals surface area contributed by atoms with Crippen molar-refractivity contribution in [3.63, 3.8) is 0 Å². The number of aromatic nitrogens is 1. The fourth-order valence-electron chi connectivity index (χ4n) is 2.84. The lowest BCUT2D eigenvalue weighted by Gasteiger charge is -2.13. The fourth-order valence-corrected chi connectivity index (χ4v) is 2.84. The molecule has 0 aliphatic rings. The van der Waals surface area contributed by atoms with Crippen molar-refractivity contribution >= 4 is 11.9 Å². The van der Waals surface area contributed by atoms with Crippen molar-refractivity contribution in [1.29, 1.82) is 0 Å². The number of halogens is 3. The summed E-state index contributed by atoms with van der Waals surface area (Å²) in [6, 6.07) is 11.3. The molecule has 0 radical (unpaired) electrons. The summed E-state index contributed by atoms with van der Waals surface area (Å²) in [5.74, 6) is 0.428. The third-order valence-corrected chi connectivity index (χ3v) is 4.34. The zero-order valence-corrected chi connectivity index (χ0v) is 18.0. The first-order chi connectivity index (χ1) is 15.8. The van der Waals surface area contributed by atoms with E-state index in [1.54, 1.807) is 30.3 Å². The van der Waals surface area contributed by atoms with Gasteiger partial charge in [0, 0.05) is 5.56 Å². The number of ether oxygens (including phenoxy) is 3. The third-order valence-electron chi connectivity index (χ3n) is 4.34. The number of nitrogens with zero attached hydrogens (tertiary/aromatic N) is 1. The number of carbonyl (C=O) groups is 1. The number of methoxy groups -OCH3 is 1. The summed E-state index contributed by atoms with van der Waals surface area (Å²) < 4.78 is 58.5. The molecule has 0 N–H and O–H groups in total. The lowest BCUT2D eigenvalue weighted by atomic mass is 10.1. The molecule has 1 heterocycles. The summed E-state index contributed by atoms with van der Waals surface area (Å²) >= 11 is 0. The monoisotopic (exact) mass is 461 g/mol. The second-order valence-electron chi connectivity index (χ2n) is 6.89. The first-order valence-electron chi connectivity index (χ1n) is 10.1. The van der Waals surface area contributed by atoms with Gasteiger partial charge in [0.15, 0.2) is 23.9 Å². The van der Waals surface area contributed by atoms with E-state index < -0.39 is 12.8 Å². The highest BCUT2D eigenvalue weighted by atomic mass is 19.4. The molecular weight excluding hydrogens is 439 g/mol. The quantitative estimate of drug-likeness (QED) is 0.273. The molecule has 0 fully saturated rings. The Morgan fingerprint density at radius 3 is 2.61 bits per heavy atom. The smallest absolute Gasteiger partial charge is 0.422 e. The van der Waals surface area contributed by atoms with Crippen LogP contribution in [0.25, 0.3) is 17.5 Å². The molecule has 9 heteroatoms. The molecule has 1 aromatic heterocycles. The molecule has 2 aromatic carbocycles. The minimum atomic E-state index is -4.49. The number of hydrogen-bond acceptors (Lipinski definition) is 6. The van der Waals surface area contributed by atoms with Crippen LogP contribution in [0, 0.1) is 0 Å². The van der Waals surface area contributed by atoms with Crippen LogP contribution in [0.5, 0.6) is 17.2 Å². The highest BCUT2D eigenvalue weighted by molar-refractivity contribution is 6.08. The molecular formula is C24H22F3NO5. The van der Waals surface area contributed by atoms with Crippen LogP contribution >= 0.6 is 0 Å². The first-order valence-corrected chi connectivity index (χ1v) is 10.1. The maximum atomic E-state index is 12.6. The molecule has 6 nitrogen and oxygen atoms in total. The number of oxazole rings is 1. The van der Waals surface area contributed by atoms with Gasteiger partial charge in [-0.05, 0) is 48.9 Å². The van der Waals surface area contributed by atoms with Crippen molar-refractivity contribution in [3.05, 3.63) is 66.1 Å². The van der Waals surface area contributed by atoms with Crippen LogP contribution in [0.2, 0.25) is 0 Å². The summed E-state index contributed by atoms with van der Waals surface area (Å²) in [4.78, 5) is 16.9. The van der Waals surface area contributed by atoms with Crippen LogP contribution in [-0.2, 0) is 0 Å². The van der Waals surface area contributed by atoms with Crippen molar-refractivity contribution < 1.29 is 36.6 Å². The highest BCUT2D eigenvalue weighted by Crippen LogP contribution is 2.33. The number of benzene rings is 2. The van der Waals surface area contributed by atoms with Crippen molar-refractivity contribution in [2.24, 2.45) is 0 Å². The van der Waals surface area contributed by atoms with Gasteiger partial charge in [0.25, 0.3) is 0 Å². The lowest BCUT2D eigenvalue weighted by molar-refractivity contribution is -0.153. The van der Waals surface area contributed by atoms with Crippen LogP contribution in [0.3, 0.4) is 0 Å². The Labute approximate surface area is 188 Å². The third kappa shape index (κ3) is 6.61. The van der Waals surface area contributed by atoms with Crippen molar-refractivity contribution in [3.8, 4) is 28.7 Å². The van der Waals surface area contributed by atoms with Crippen LogP contribution in [-0.4, -0.2) is 37.3 Å². The highest BCUT2D eigenvalue weighted by Gasteiger charge is 2.29. The van der Waals surface area contributed by atoms with Gasteiger partial charge in [-0.1, -0.05) is 19.1 Å². The van der Waals surface area contributed by atoms with Gasteiger partial charge in [-0.25, -0.2) is 4.98 Å². The summed E-state index contributed by atoms with van der Waals surface area (Å²) in [5.41, 5.74) is 1.17. The molecule has 0 spiro atoms. The molecule has 0 saturated carbocycles. The van der Waals surface area contributed by atoms with Crippen molar-refractivity contribution in [2.45, 2.75) is 19.5 Å². The lowest BCUT2D eigenvalue weighted by Crippen LogP contribution is -2.19. The number of para-hydroxylation sites is 1. The van der Waals surface area contributed by atoms with E-state index >= 15 is 0 Å². The predicted octanol–water partition coefficient (Wildman–Crippen LogP) is 5.98. The predicted molar refractivity (Wildman–Crippen MR) is 116 cm³/mol. The molecule has 0 atom stereocenters. The molecule has 174 valence electrons. The molecule has 3 rings (SSSR count). The molecule has 0 bridgehead atoms. The maximum Gasteiger partial charge on any atom is 0.422 e. The Morgan fingerprint density at radius 1 is 1.09 bits per heavy atom. The number of alkyl halides is 3. The van der Waals surface area contributed by atoms with Gasteiger partial charge in [-0.2, -0.15) is 13.2 Å². The van der Waals surface area contributed by atoms with E-state index in [1.807, 2.05) is 6.92 Å². The van der Waals surface area contributed by atoms with Gasteiger partial charge in [0.05, 0.1) is 19.3 Å². The van der Waals surface area contributed by atoms with E-state index in [0.29, 0.717) is 29.2 Å². The number of hydrogen-bond donors (Lipinski definition) is 0. The van der Waals surface area contributed by atoms with E-state index in [4.69, 9.17) is 18.6 Å². The van der Waals surface area contributed by atoms with Crippen LogP contribution in [0.1, 0.15) is 29.4 Å². The summed E-state index contributed by atoms with van der Waals surface area (Å²) in [7, 11) is 1.33. The molecule has 3 aromatic rings. The van der Waals surface area contributed by atoms with E-state index in [9.17, 15) is 18.0 Å². The topological polar surface area (TPSA) is 70.8 Å². The minimum Gasteiger partial charge on any atom is -0.493 e. The molecule has 0 unspecified atom stereocenters. The first kappa shape index (κ1) is 23.9. The Bertz CT molecular complexity index is 1120. The Morgan fingerprint density at radius 2 is 1.88 bits per heavy atom. The fraction of sp³-hybridized carbons (Fsp3) is 0.250. The summed E-state index contributed by atoms with van der Waals surface area (Å²) in [5, 5.41) is 0. The van der Waals surface area contributed by atoms with Crippen LogP contribution in [0.4, 0.5) is 13.2 Å². The zero-order valence-electron chi connectivity index (χ0n) is 18.0. The number of allylic oxidation sites excluding steroid dienone is 1. The van der Waals surface area contributed by atoms with Crippen molar-refractivity contribution in [1.82, 2.24) is 4.98 Å². The van der Waals surface area contributed by atoms with Crippen LogP contribution < -0.4 is 14.2 Å². The van der Waals surface area contributed by atoms with E-state index in [0.717, 1.165) is 6.42 Å². The van der Waals surface area contributed by atoms with Gasteiger partial charge in [-0.3, -0.25) is 4.79 Å². The summed E-state index contributed by atoms with van der Waals surface area (Å²) in [6.45, 7) is 1.01. The van der Waals surface area contributed by atoms with Gasteiger partial charge >= 0.3 is 6.18 Å². The average Bonchev–Trinajstić information content (AvgIpc) is 3.28.